The number of esters is 1. The van der Waals surface area contributed by atoms with Gasteiger partial charge in [-0.15, -0.1) is 11.8 Å². The Labute approximate surface area is 229 Å². The molecule has 0 unspecified atom stereocenters. The van der Waals surface area contributed by atoms with Crippen LogP contribution in [-0.4, -0.2) is 69.0 Å². The van der Waals surface area contributed by atoms with Gasteiger partial charge < -0.3 is 29.0 Å². The van der Waals surface area contributed by atoms with E-state index in [1.807, 2.05) is 60.6 Å². The van der Waals surface area contributed by atoms with Gasteiger partial charge in [0.15, 0.2) is 0 Å². The Kier molecular flexibility index (Phi) is 7.15. The molecule has 2 amide bonds. The zero-order valence-corrected chi connectivity index (χ0v) is 24.7. The molecular weight excluding hydrogens is 507 g/mol. The molecule has 208 valence electrons. The normalized spacial score (nSPS) is 27.8. The predicted octanol–water partition coefficient (Wildman–Crippen LogP) is 4.28. The summed E-state index contributed by atoms with van der Waals surface area (Å²) in [7, 11) is -0.388. The summed E-state index contributed by atoms with van der Waals surface area (Å²) in [6.07, 6.45) is -0.658. The van der Waals surface area contributed by atoms with Gasteiger partial charge in [-0.3, -0.25) is 4.79 Å². The van der Waals surface area contributed by atoms with Crippen molar-refractivity contribution in [1.29, 1.82) is 0 Å². The van der Waals surface area contributed by atoms with Gasteiger partial charge in [-0.2, -0.15) is 0 Å². The second kappa shape index (κ2) is 9.45. The maximum atomic E-state index is 13.3. The summed E-state index contributed by atoms with van der Waals surface area (Å²) < 4.78 is 22.8. The molecule has 0 spiro atoms. The van der Waals surface area contributed by atoms with Crippen LogP contribution in [0.2, 0.25) is 0 Å². The van der Waals surface area contributed by atoms with Gasteiger partial charge in [0.05, 0.1) is 11.2 Å². The van der Waals surface area contributed by atoms with Crippen LogP contribution in [0.1, 0.15) is 80.6 Å². The predicted molar refractivity (Wildman–Crippen MR) is 146 cm³/mol. The first-order valence-electron chi connectivity index (χ1n) is 13.0. The molecule has 1 aromatic carbocycles. The van der Waals surface area contributed by atoms with Crippen LogP contribution in [-0.2, 0) is 23.6 Å². The van der Waals surface area contributed by atoms with Gasteiger partial charge in [-0.1, -0.05) is 19.1 Å². The molecule has 9 nitrogen and oxygen atoms in total. The van der Waals surface area contributed by atoms with Crippen molar-refractivity contribution >= 4 is 36.9 Å². The Morgan fingerprint density at radius 3 is 2.13 bits per heavy atom. The summed E-state index contributed by atoms with van der Waals surface area (Å²) in [6, 6.07) is 5.74. The lowest BCUT2D eigenvalue weighted by Gasteiger charge is -2.43. The molecule has 38 heavy (non-hydrogen) atoms. The molecule has 0 aromatic heterocycles. The number of alkyl carbamates (subject to hydrolysis) is 1. The fourth-order valence-corrected chi connectivity index (χ4v) is 6.44. The van der Waals surface area contributed by atoms with E-state index < -0.39 is 45.7 Å². The highest BCUT2D eigenvalue weighted by atomic mass is 32.2. The van der Waals surface area contributed by atoms with E-state index in [4.69, 9.17) is 18.8 Å². The smallest absolute Gasteiger partial charge is 0.444 e. The Hall–Kier alpha value is -2.24. The summed E-state index contributed by atoms with van der Waals surface area (Å²) in [6.45, 7) is 19.2. The standard InChI is InChI=1S/C27H39BN2O7S/c1-15(28-36-26(7,8)27(9,10)37-28)16-11-13-17(14-12-16)34-22(32)19-25(5,6)38-21-18(20(31)30(19)21)29-23(33)35-24(2,3)4/h11-15,18-19,21H,1-10H3,(H,29,33)/t15-,18+,19-,21+/m0/s1. The van der Waals surface area contributed by atoms with Crippen molar-refractivity contribution in [3.8, 4) is 5.75 Å². The van der Waals surface area contributed by atoms with Crippen molar-refractivity contribution in [2.45, 2.75) is 114 Å². The van der Waals surface area contributed by atoms with E-state index in [1.165, 1.54) is 16.7 Å². The van der Waals surface area contributed by atoms with Crippen molar-refractivity contribution in [3.63, 3.8) is 0 Å². The van der Waals surface area contributed by atoms with Crippen molar-refractivity contribution in [2.24, 2.45) is 0 Å². The van der Waals surface area contributed by atoms with E-state index in [-0.39, 0.29) is 24.2 Å². The first-order chi connectivity index (χ1) is 17.3. The molecule has 1 N–H and O–H groups in total. The van der Waals surface area contributed by atoms with Crippen LogP contribution in [0.4, 0.5) is 4.79 Å². The Balaban J connectivity index is 1.39. The summed E-state index contributed by atoms with van der Waals surface area (Å²) in [5, 5.41) is 2.28. The number of amides is 2. The number of rotatable bonds is 5. The third-order valence-corrected chi connectivity index (χ3v) is 9.21. The SMILES string of the molecule is C[C@H](B1OC(C)(C)C(C)(C)O1)c1ccc(OC(=O)[C@@H]2N3C(=O)[C@@H](NC(=O)OC(C)(C)C)[C@H]3SC2(C)C)cc1. The summed E-state index contributed by atoms with van der Waals surface area (Å²) in [4.78, 5) is 39.9. The van der Waals surface area contributed by atoms with Crippen molar-refractivity contribution in [1.82, 2.24) is 10.2 Å². The molecule has 3 aliphatic rings. The highest BCUT2D eigenvalue weighted by Crippen LogP contribution is 2.51. The maximum Gasteiger partial charge on any atom is 0.465 e. The third kappa shape index (κ3) is 5.29. The van der Waals surface area contributed by atoms with E-state index in [9.17, 15) is 14.4 Å². The zero-order chi connectivity index (χ0) is 28.4. The van der Waals surface area contributed by atoms with E-state index >= 15 is 0 Å². The molecule has 3 fully saturated rings. The van der Waals surface area contributed by atoms with Crippen molar-refractivity contribution in [2.75, 3.05) is 0 Å². The molecule has 0 saturated carbocycles. The number of hydrogen-bond acceptors (Lipinski definition) is 8. The number of hydrogen-bond donors (Lipinski definition) is 1. The van der Waals surface area contributed by atoms with Gasteiger partial charge in [0, 0.05) is 10.6 Å². The molecule has 4 atom stereocenters. The van der Waals surface area contributed by atoms with Gasteiger partial charge in [-0.25, -0.2) is 9.59 Å². The number of carbonyl (C=O) groups is 3. The van der Waals surface area contributed by atoms with Gasteiger partial charge >= 0.3 is 19.2 Å². The van der Waals surface area contributed by atoms with Crippen LogP contribution in [0.3, 0.4) is 0 Å². The molecule has 11 heteroatoms. The number of nitrogens with zero attached hydrogens (tertiary/aromatic N) is 1. The highest BCUT2D eigenvalue weighted by molar-refractivity contribution is 8.01. The Bertz CT molecular complexity index is 1100. The lowest BCUT2D eigenvalue weighted by Crippen LogP contribution is -2.71. The van der Waals surface area contributed by atoms with E-state index in [2.05, 4.69) is 5.32 Å². The van der Waals surface area contributed by atoms with Gasteiger partial charge in [-0.05, 0) is 80.0 Å². The number of benzene rings is 1. The van der Waals surface area contributed by atoms with Crippen LogP contribution in [0.15, 0.2) is 24.3 Å². The first-order valence-corrected chi connectivity index (χ1v) is 13.9. The second-order valence-corrected chi connectivity index (χ2v) is 14.6. The number of thioether (sulfide) groups is 1. The Morgan fingerprint density at radius 2 is 1.61 bits per heavy atom. The minimum absolute atomic E-state index is 0.0279. The average Bonchev–Trinajstić information content (AvgIpc) is 3.16. The molecule has 0 radical (unpaired) electrons. The fraction of sp³-hybridized carbons (Fsp3) is 0.667. The first kappa shape index (κ1) is 28.8. The minimum atomic E-state index is -0.787. The van der Waals surface area contributed by atoms with Crippen LogP contribution < -0.4 is 10.1 Å². The molecule has 0 aliphatic carbocycles. The van der Waals surface area contributed by atoms with E-state index in [1.54, 1.807) is 32.9 Å². The van der Waals surface area contributed by atoms with Gasteiger partial charge in [0.2, 0.25) is 5.91 Å². The topological polar surface area (TPSA) is 103 Å². The van der Waals surface area contributed by atoms with E-state index in [0.717, 1.165) is 5.56 Å². The molecule has 0 bridgehead atoms. The number of β-lactam (4-membered cyclic amide) rings is 1. The van der Waals surface area contributed by atoms with Crippen LogP contribution >= 0.6 is 11.8 Å². The summed E-state index contributed by atoms with van der Waals surface area (Å²) in [5.41, 5.74) is -0.515. The quantitative estimate of drug-likeness (QED) is 0.253. The number of carbonyl (C=O) groups excluding carboxylic acids is 3. The number of fused-ring (bicyclic) bond motifs is 1. The number of ether oxygens (including phenoxy) is 2. The van der Waals surface area contributed by atoms with Crippen LogP contribution in [0.5, 0.6) is 5.75 Å². The largest absolute Gasteiger partial charge is 0.465 e. The number of nitrogens with one attached hydrogen (secondary N) is 1. The second-order valence-electron chi connectivity index (χ2n) is 12.8. The fourth-order valence-electron chi connectivity index (χ4n) is 4.82. The zero-order valence-electron chi connectivity index (χ0n) is 23.9. The third-order valence-electron chi connectivity index (χ3n) is 7.64. The molecular formula is C27H39BN2O7S. The Morgan fingerprint density at radius 1 is 1.05 bits per heavy atom. The minimum Gasteiger partial charge on any atom is -0.444 e. The van der Waals surface area contributed by atoms with Crippen LogP contribution in [0.25, 0.3) is 0 Å². The van der Waals surface area contributed by atoms with Crippen LogP contribution in [0, 0.1) is 0 Å². The molecule has 1 aromatic rings. The molecule has 3 aliphatic heterocycles. The maximum absolute atomic E-state index is 13.3. The molecule has 4 rings (SSSR count). The average molecular weight is 546 g/mol. The molecule has 3 heterocycles. The monoisotopic (exact) mass is 546 g/mol. The molecule has 3 saturated heterocycles. The van der Waals surface area contributed by atoms with Gasteiger partial charge in [0.25, 0.3) is 0 Å². The van der Waals surface area contributed by atoms with Gasteiger partial charge in [0.1, 0.15) is 28.8 Å². The van der Waals surface area contributed by atoms with Crippen molar-refractivity contribution < 1.29 is 33.2 Å². The van der Waals surface area contributed by atoms with Crippen molar-refractivity contribution in [3.05, 3.63) is 29.8 Å². The summed E-state index contributed by atoms with van der Waals surface area (Å²) >= 11 is 1.46. The lowest BCUT2D eigenvalue weighted by atomic mass is 9.69. The summed E-state index contributed by atoms with van der Waals surface area (Å²) in [5.74, 6) is -0.478. The lowest BCUT2D eigenvalue weighted by molar-refractivity contribution is -0.158. The highest BCUT2D eigenvalue weighted by Gasteiger charge is 2.64. The van der Waals surface area contributed by atoms with E-state index in [0.29, 0.717) is 5.75 Å².